The largest absolute Gasteiger partial charge is 0.469 e. The van der Waals surface area contributed by atoms with E-state index < -0.39 is 5.54 Å². The number of esters is 1. The summed E-state index contributed by atoms with van der Waals surface area (Å²) < 4.78 is 4.58. The number of hydrogen-bond donors (Lipinski definition) is 2. The molecule has 3 N–H and O–H groups in total. The van der Waals surface area contributed by atoms with Gasteiger partial charge >= 0.3 is 5.97 Å². The number of carbonyl (C=O) groups excluding carboxylic acids is 2. The summed E-state index contributed by atoms with van der Waals surface area (Å²) in [7, 11) is 1.35. The summed E-state index contributed by atoms with van der Waals surface area (Å²) in [5.74, 6) is -0.592. The average Bonchev–Trinajstić information content (AvgIpc) is 2.91. The molecule has 0 radical (unpaired) electrons. The Morgan fingerprint density at radius 2 is 2.23 bits per heavy atom. The summed E-state index contributed by atoms with van der Waals surface area (Å²) in [6, 6.07) is 0. The zero-order chi connectivity index (χ0) is 16.2. The highest BCUT2D eigenvalue weighted by atomic mass is 32.1. The predicted molar refractivity (Wildman–Crippen MR) is 83.4 cm³/mol. The first-order valence-corrected chi connectivity index (χ1v) is 8.23. The van der Waals surface area contributed by atoms with Crippen molar-refractivity contribution in [1.82, 2.24) is 10.2 Å². The van der Waals surface area contributed by atoms with Crippen LogP contribution in [0.3, 0.4) is 0 Å². The normalized spacial score (nSPS) is 24.8. The topological polar surface area (TPSA) is 107 Å². The highest BCUT2D eigenvalue weighted by molar-refractivity contribution is 7.15. The molecule has 2 rings (SSSR count). The van der Waals surface area contributed by atoms with E-state index in [-0.39, 0.29) is 24.2 Å². The molecule has 0 aliphatic heterocycles. The summed E-state index contributed by atoms with van der Waals surface area (Å²) in [6.07, 6.45) is 4.44. The van der Waals surface area contributed by atoms with Crippen LogP contribution in [-0.2, 0) is 20.7 Å². The van der Waals surface area contributed by atoms with Crippen LogP contribution in [0.2, 0.25) is 0 Å². The van der Waals surface area contributed by atoms with E-state index in [0.717, 1.165) is 25.7 Å². The molecule has 0 saturated heterocycles. The van der Waals surface area contributed by atoms with Crippen LogP contribution in [0.15, 0.2) is 0 Å². The third kappa shape index (κ3) is 4.23. The Labute approximate surface area is 133 Å². The number of nitrogens with one attached hydrogen (secondary N) is 1. The van der Waals surface area contributed by atoms with E-state index >= 15 is 0 Å². The Hall–Kier alpha value is -1.54. The van der Waals surface area contributed by atoms with Crippen LogP contribution in [0.5, 0.6) is 0 Å². The Bertz CT molecular complexity index is 544. The summed E-state index contributed by atoms with van der Waals surface area (Å²) in [5.41, 5.74) is 5.76. The van der Waals surface area contributed by atoms with Gasteiger partial charge in [0.25, 0.3) is 0 Å². The summed E-state index contributed by atoms with van der Waals surface area (Å²) in [6.45, 7) is 1.93. The van der Waals surface area contributed by atoms with Crippen LogP contribution in [-0.4, -0.2) is 34.7 Å². The van der Waals surface area contributed by atoms with Crippen molar-refractivity contribution in [2.24, 2.45) is 11.7 Å². The molecule has 1 amide bonds. The van der Waals surface area contributed by atoms with Gasteiger partial charge in [-0.25, -0.2) is 0 Å². The van der Waals surface area contributed by atoms with E-state index in [9.17, 15) is 9.59 Å². The summed E-state index contributed by atoms with van der Waals surface area (Å²) >= 11 is 1.28. The lowest BCUT2D eigenvalue weighted by Crippen LogP contribution is -2.51. The molecule has 2 unspecified atom stereocenters. The standard InChI is InChI=1S/C14H22N4O3S/c1-14(15)8-4-3-5-9(14)12(20)16-13-18-17-10(22-13)6-7-11(19)21-2/h9H,3-8,15H2,1-2H3,(H,16,18,20). The molecule has 122 valence electrons. The monoisotopic (exact) mass is 326 g/mol. The minimum atomic E-state index is -0.471. The summed E-state index contributed by atoms with van der Waals surface area (Å²) in [5, 5.41) is 11.9. The maximum atomic E-state index is 12.4. The smallest absolute Gasteiger partial charge is 0.305 e. The fourth-order valence-corrected chi connectivity index (χ4v) is 3.44. The second kappa shape index (κ2) is 7.15. The third-order valence-corrected chi connectivity index (χ3v) is 4.94. The fourth-order valence-electron chi connectivity index (χ4n) is 2.70. The van der Waals surface area contributed by atoms with Crippen molar-refractivity contribution < 1.29 is 14.3 Å². The second-order valence-corrected chi connectivity index (χ2v) is 6.93. The molecule has 22 heavy (non-hydrogen) atoms. The van der Waals surface area contributed by atoms with Crippen LogP contribution < -0.4 is 11.1 Å². The Morgan fingerprint density at radius 1 is 1.45 bits per heavy atom. The number of amides is 1. The third-order valence-electron chi connectivity index (χ3n) is 4.04. The van der Waals surface area contributed by atoms with Gasteiger partial charge in [0.1, 0.15) is 5.01 Å². The number of anilines is 1. The highest BCUT2D eigenvalue weighted by Gasteiger charge is 2.38. The van der Waals surface area contributed by atoms with Crippen molar-refractivity contribution in [1.29, 1.82) is 0 Å². The minimum absolute atomic E-state index is 0.0969. The zero-order valence-corrected chi connectivity index (χ0v) is 13.7. The number of aryl methyl sites for hydroxylation is 1. The van der Waals surface area contributed by atoms with Gasteiger partial charge in [-0.1, -0.05) is 24.2 Å². The molecule has 2 atom stereocenters. The molecule has 1 heterocycles. The van der Waals surface area contributed by atoms with Gasteiger partial charge in [-0.3, -0.25) is 9.59 Å². The zero-order valence-electron chi connectivity index (χ0n) is 12.9. The van der Waals surface area contributed by atoms with E-state index in [4.69, 9.17) is 5.73 Å². The lowest BCUT2D eigenvalue weighted by molar-refractivity contribution is -0.140. The van der Waals surface area contributed by atoms with Crippen molar-refractivity contribution in [2.75, 3.05) is 12.4 Å². The number of nitrogens with two attached hydrogens (primary N) is 1. The molecular weight excluding hydrogens is 304 g/mol. The molecular formula is C14H22N4O3S. The Kier molecular flexibility index (Phi) is 5.47. The van der Waals surface area contributed by atoms with E-state index in [2.05, 4.69) is 20.3 Å². The number of hydrogen-bond acceptors (Lipinski definition) is 7. The average molecular weight is 326 g/mol. The molecule has 1 aromatic rings. The number of rotatable bonds is 5. The van der Waals surface area contributed by atoms with Crippen LogP contribution in [0, 0.1) is 5.92 Å². The molecule has 1 fully saturated rings. The van der Waals surface area contributed by atoms with Gasteiger partial charge in [-0.15, -0.1) is 10.2 Å². The van der Waals surface area contributed by atoms with E-state index in [1.54, 1.807) is 0 Å². The molecule has 1 aliphatic rings. The lowest BCUT2D eigenvalue weighted by atomic mass is 9.74. The van der Waals surface area contributed by atoms with E-state index in [1.165, 1.54) is 18.4 Å². The van der Waals surface area contributed by atoms with Crippen LogP contribution >= 0.6 is 11.3 Å². The van der Waals surface area contributed by atoms with Gasteiger partial charge in [0, 0.05) is 12.0 Å². The lowest BCUT2D eigenvalue weighted by Gasteiger charge is -2.36. The molecule has 1 aliphatic carbocycles. The van der Waals surface area contributed by atoms with Crippen molar-refractivity contribution in [2.45, 2.75) is 51.0 Å². The number of ether oxygens (including phenoxy) is 1. The van der Waals surface area contributed by atoms with Crippen LogP contribution in [0.25, 0.3) is 0 Å². The molecule has 7 nitrogen and oxygen atoms in total. The van der Waals surface area contributed by atoms with Crippen molar-refractivity contribution in [3.63, 3.8) is 0 Å². The molecule has 1 aromatic heterocycles. The maximum absolute atomic E-state index is 12.4. The van der Waals surface area contributed by atoms with E-state index in [1.807, 2.05) is 6.92 Å². The SMILES string of the molecule is COC(=O)CCc1nnc(NC(=O)C2CCCCC2(C)N)s1. The van der Waals surface area contributed by atoms with Crippen molar-refractivity contribution >= 4 is 28.3 Å². The molecule has 0 spiro atoms. The molecule has 8 heteroatoms. The van der Waals surface area contributed by atoms with Crippen molar-refractivity contribution in [3.8, 4) is 0 Å². The predicted octanol–water partition coefficient (Wildman–Crippen LogP) is 1.49. The Morgan fingerprint density at radius 3 is 2.91 bits per heavy atom. The number of aromatic nitrogens is 2. The fraction of sp³-hybridized carbons (Fsp3) is 0.714. The van der Waals surface area contributed by atoms with Crippen LogP contribution in [0.1, 0.15) is 44.0 Å². The second-order valence-electron chi connectivity index (χ2n) is 5.87. The first kappa shape index (κ1) is 16.8. The molecule has 0 aromatic carbocycles. The minimum Gasteiger partial charge on any atom is -0.469 e. The molecule has 1 saturated carbocycles. The number of methoxy groups -OCH3 is 1. The highest BCUT2D eigenvalue weighted by Crippen LogP contribution is 2.32. The van der Waals surface area contributed by atoms with Crippen LogP contribution in [0.4, 0.5) is 5.13 Å². The van der Waals surface area contributed by atoms with Gasteiger partial charge in [0.2, 0.25) is 11.0 Å². The van der Waals surface area contributed by atoms with Gasteiger partial charge in [0.15, 0.2) is 0 Å². The first-order valence-electron chi connectivity index (χ1n) is 7.41. The van der Waals surface area contributed by atoms with Gasteiger partial charge in [-0.2, -0.15) is 0 Å². The molecule has 0 bridgehead atoms. The number of nitrogens with zero attached hydrogens (tertiary/aromatic N) is 2. The Balaban J connectivity index is 1.92. The first-order chi connectivity index (χ1) is 10.4. The number of carbonyl (C=O) groups is 2. The quantitative estimate of drug-likeness (QED) is 0.794. The van der Waals surface area contributed by atoms with Gasteiger partial charge < -0.3 is 15.8 Å². The van der Waals surface area contributed by atoms with Gasteiger partial charge in [-0.05, 0) is 19.8 Å². The summed E-state index contributed by atoms with van der Waals surface area (Å²) in [4.78, 5) is 23.5. The van der Waals surface area contributed by atoms with E-state index in [0.29, 0.717) is 16.6 Å². The maximum Gasteiger partial charge on any atom is 0.305 e. The van der Waals surface area contributed by atoms with Crippen molar-refractivity contribution in [3.05, 3.63) is 5.01 Å². The van der Waals surface area contributed by atoms with Gasteiger partial charge in [0.05, 0.1) is 19.4 Å².